The third-order valence-electron chi connectivity index (χ3n) is 3.38. The first-order chi connectivity index (χ1) is 10.3. The van der Waals surface area contributed by atoms with Gasteiger partial charge in [-0.15, -0.1) is 0 Å². The van der Waals surface area contributed by atoms with Crippen LogP contribution >= 0.6 is 0 Å². The van der Waals surface area contributed by atoms with Gasteiger partial charge in [-0.05, 0) is 24.6 Å². The predicted octanol–water partition coefficient (Wildman–Crippen LogP) is 2.29. The Morgan fingerprint density at radius 2 is 1.76 bits per heavy atom. The Morgan fingerprint density at radius 3 is 2.52 bits per heavy atom. The lowest BCUT2D eigenvalue weighted by atomic mass is 10.3. The number of hydrogen-bond donors (Lipinski definition) is 0. The predicted molar refractivity (Wildman–Crippen MR) is 81.6 cm³/mol. The van der Waals surface area contributed by atoms with E-state index in [0.29, 0.717) is 6.54 Å². The maximum absolute atomic E-state index is 12.1. The Hall–Kier alpha value is -2.56. The monoisotopic (exact) mass is 282 g/mol. The van der Waals surface area contributed by atoms with E-state index in [4.69, 9.17) is 0 Å². The van der Waals surface area contributed by atoms with Crippen molar-refractivity contribution >= 4 is 0 Å². The minimum Gasteiger partial charge on any atom is -0.299 e. The zero-order chi connectivity index (χ0) is 14.7. The van der Waals surface area contributed by atoms with Gasteiger partial charge in [0.1, 0.15) is 0 Å². The third kappa shape index (κ3) is 2.81. The number of aromatic nitrogens is 4. The fourth-order valence-corrected chi connectivity index (χ4v) is 2.33. The summed E-state index contributed by atoms with van der Waals surface area (Å²) in [5, 5.41) is 4.52. The average molecular weight is 282 g/mol. The molecule has 0 aliphatic carbocycles. The SMILES string of the molecule is CCCn1ccn(Cc2ccn(-c3ccccc3)n2)c1=O. The van der Waals surface area contributed by atoms with Crippen LogP contribution in [0.3, 0.4) is 0 Å². The van der Waals surface area contributed by atoms with Crippen LogP contribution in [-0.4, -0.2) is 18.9 Å². The highest BCUT2D eigenvalue weighted by molar-refractivity contribution is 5.30. The van der Waals surface area contributed by atoms with Gasteiger partial charge in [0.05, 0.1) is 17.9 Å². The first-order valence-electron chi connectivity index (χ1n) is 7.13. The zero-order valence-electron chi connectivity index (χ0n) is 12.0. The largest absolute Gasteiger partial charge is 0.328 e. The molecular weight excluding hydrogens is 264 g/mol. The molecule has 5 nitrogen and oxygen atoms in total. The van der Waals surface area contributed by atoms with Crippen LogP contribution in [0.15, 0.2) is 59.8 Å². The van der Waals surface area contributed by atoms with Crippen LogP contribution < -0.4 is 5.69 Å². The van der Waals surface area contributed by atoms with Gasteiger partial charge >= 0.3 is 5.69 Å². The summed E-state index contributed by atoms with van der Waals surface area (Å²) in [5.41, 5.74) is 1.90. The smallest absolute Gasteiger partial charge is 0.299 e. The van der Waals surface area contributed by atoms with Gasteiger partial charge in [-0.25, -0.2) is 9.48 Å². The minimum absolute atomic E-state index is 0.0195. The number of aryl methyl sites for hydroxylation is 1. The minimum atomic E-state index is 0.0195. The summed E-state index contributed by atoms with van der Waals surface area (Å²) in [6.07, 6.45) is 6.52. The van der Waals surface area contributed by atoms with E-state index in [9.17, 15) is 4.79 Å². The molecule has 0 N–H and O–H groups in total. The van der Waals surface area contributed by atoms with E-state index in [-0.39, 0.29) is 5.69 Å². The lowest BCUT2D eigenvalue weighted by molar-refractivity contribution is 0.619. The molecule has 3 aromatic rings. The molecule has 108 valence electrons. The van der Waals surface area contributed by atoms with Gasteiger partial charge in [-0.2, -0.15) is 5.10 Å². The van der Waals surface area contributed by atoms with E-state index >= 15 is 0 Å². The van der Waals surface area contributed by atoms with Crippen molar-refractivity contribution in [2.45, 2.75) is 26.4 Å². The molecule has 0 amide bonds. The zero-order valence-corrected chi connectivity index (χ0v) is 12.0. The molecule has 0 bridgehead atoms. The summed E-state index contributed by atoms with van der Waals surface area (Å²) in [6.45, 7) is 3.31. The van der Waals surface area contributed by atoms with Crippen LogP contribution in [0.1, 0.15) is 19.0 Å². The highest BCUT2D eigenvalue weighted by Gasteiger charge is 2.06. The maximum atomic E-state index is 12.1. The summed E-state index contributed by atoms with van der Waals surface area (Å²) in [6, 6.07) is 11.9. The topological polar surface area (TPSA) is 44.8 Å². The van der Waals surface area contributed by atoms with Crippen molar-refractivity contribution < 1.29 is 0 Å². The van der Waals surface area contributed by atoms with Gasteiger partial charge in [-0.1, -0.05) is 25.1 Å². The number of para-hydroxylation sites is 1. The highest BCUT2D eigenvalue weighted by Crippen LogP contribution is 2.07. The van der Waals surface area contributed by atoms with Gasteiger partial charge in [0, 0.05) is 25.1 Å². The molecule has 21 heavy (non-hydrogen) atoms. The molecule has 2 aromatic heterocycles. The van der Waals surface area contributed by atoms with Crippen LogP contribution in [0.4, 0.5) is 0 Å². The Kier molecular flexibility index (Phi) is 3.73. The van der Waals surface area contributed by atoms with Crippen molar-refractivity contribution in [3.05, 3.63) is 71.2 Å². The second-order valence-electron chi connectivity index (χ2n) is 4.99. The van der Waals surface area contributed by atoms with Gasteiger partial charge in [-0.3, -0.25) is 9.13 Å². The quantitative estimate of drug-likeness (QED) is 0.720. The highest BCUT2D eigenvalue weighted by atomic mass is 16.1. The Labute approximate surface area is 123 Å². The number of hydrogen-bond acceptors (Lipinski definition) is 2. The molecule has 0 aliphatic heterocycles. The molecule has 1 aromatic carbocycles. The lowest BCUT2D eigenvalue weighted by Crippen LogP contribution is -2.24. The standard InChI is InChI=1S/C16H18N4O/c1-2-9-18-11-12-19(16(18)21)13-14-8-10-20(17-14)15-6-4-3-5-7-15/h3-8,10-12H,2,9,13H2,1H3. The molecule has 2 heterocycles. The van der Waals surface area contributed by atoms with Crippen molar-refractivity contribution in [1.82, 2.24) is 18.9 Å². The van der Waals surface area contributed by atoms with Gasteiger partial charge in [0.25, 0.3) is 0 Å². The molecule has 0 aliphatic rings. The van der Waals surface area contributed by atoms with Gasteiger partial charge in [0.2, 0.25) is 0 Å². The Bertz CT molecular complexity index is 767. The lowest BCUT2D eigenvalue weighted by Gasteiger charge is -2.01. The molecule has 0 spiro atoms. The third-order valence-corrected chi connectivity index (χ3v) is 3.38. The molecule has 0 atom stereocenters. The second kappa shape index (κ2) is 5.83. The number of benzene rings is 1. The first kappa shape index (κ1) is 13.4. The van der Waals surface area contributed by atoms with Gasteiger partial charge < -0.3 is 0 Å². The van der Waals surface area contributed by atoms with E-state index in [0.717, 1.165) is 24.3 Å². The second-order valence-corrected chi connectivity index (χ2v) is 4.99. The molecule has 0 unspecified atom stereocenters. The number of nitrogens with zero attached hydrogens (tertiary/aromatic N) is 4. The van der Waals surface area contributed by atoms with Crippen LogP contribution in [0.5, 0.6) is 0 Å². The molecule has 0 radical (unpaired) electrons. The summed E-state index contributed by atoms with van der Waals surface area (Å²) in [7, 11) is 0. The van der Waals surface area contributed by atoms with E-state index < -0.39 is 0 Å². The van der Waals surface area contributed by atoms with Crippen LogP contribution in [0.25, 0.3) is 5.69 Å². The van der Waals surface area contributed by atoms with Crippen LogP contribution in [-0.2, 0) is 13.1 Å². The number of rotatable bonds is 5. The summed E-state index contributed by atoms with van der Waals surface area (Å²) >= 11 is 0. The van der Waals surface area contributed by atoms with Crippen molar-refractivity contribution in [1.29, 1.82) is 0 Å². The van der Waals surface area contributed by atoms with Crippen LogP contribution in [0, 0.1) is 0 Å². The molecule has 3 rings (SSSR count). The average Bonchev–Trinajstić information content (AvgIpc) is 3.11. The first-order valence-corrected chi connectivity index (χ1v) is 7.13. The fraction of sp³-hybridized carbons (Fsp3) is 0.250. The maximum Gasteiger partial charge on any atom is 0.328 e. The Balaban J connectivity index is 1.80. The fourth-order valence-electron chi connectivity index (χ4n) is 2.33. The summed E-state index contributed by atoms with van der Waals surface area (Å²) in [5.74, 6) is 0. The molecule has 0 fully saturated rings. The summed E-state index contributed by atoms with van der Waals surface area (Å²) < 4.78 is 5.24. The van der Waals surface area contributed by atoms with E-state index in [2.05, 4.69) is 12.0 Å². The van der Waals surface area contributed by atoms with E-state index in [1.807, 2.05) is 59.7 Å². The normalized spacial score (nSPS) is 10.9. The van der Waals surface area contributed by atoms with Crippen molar-refractivity contribution in [3.8, 4) is 5.69 Å². The molecular formula is C16H18N4O. The Morgan fingerprint density at radius 1 is 1.00 bits per heavy atom. The van der Waals surface area contributed by atoms with E-state index in [1.54, 1.807) is 9.13 Å². The van der Waals surface area contributed by atoms with Crippen molar-refractivity contribution in [3.63, 3.8) is 0 Å². The van der Waals surface area contributed by atoms with Crippen molar-refractivity contribution in [2.24, 2.45) is 0 Å². The number of imidazole rings is 1. The van der Waals surface area contributed by atoms with Crippen molar-refractivity contribution in [2.75, 3.05) is 0 Å². The van der Waals surface area contributed by atoms with Gasteiger partial charge in [0.15, 0.2) is 0 Å². The summed E-state index contributed by atoms with van der Waals surface area (Å²) in [4.78, 5) is 12.1. The molecule has 0 saturated carbocycles. The molecule has 5 heteroatoms. The van der Waals surface area contributed by atoms with Crippen LogP contribution in [0.2, 0.25) is 0 Å². The molecule has 0 saturated heterocycles. The van der Waals surface area contributed by atoms with E-state index in [1.165, 1.54) is 0 Å².